The number of allylic oxidation sites excluding steroid dienone is 1. The smallest absolute Gasteiger partial charge is 0.232 e. The number of Topliss-reactive ketones (excluding diaryl/α,β-unsaturated/α-hetero) is 1. The van der Waals surface area contributed by atoms with Crippen LogP contribution in [0.5, 0.6) is 11.5 Å². The first-order valence-corrected chi connectivity index (χ1v) is 11.6. The Morgan fingerprint density at radius 2 is 1.88 bits per heavy atom. The second kappa shape index (κ2) is 8.69. The van der Waals surface area contributed by atoms with Crippen LogP contribution < -0.4 is 9.47 Å². The predicted octanol–water partition coefficient (Wildman–Crippen LogP) is 6.74. The van der Waals surface area contributed by atoms with Gasteiger partial charge in [-0.25, -0.2) is 0 Å². The van der Waals surface area contributed by atoms with Gasteiger partial charge in [-0.15, -0.1) is 0 Å². The van der Waals surface area contributed by atoms with Gasteiger partial charge in [-0.05, 0) is 53.3 Å². The Bertz CT molecular complexity index is 1260. The number of rotatable bonds is 4. The number of aryl methyl sites for hydroxylation is 1. The number of hydrogen-bond acceptors (Lipinski definition) is 4. The molecular formula is C28H26ClNO3. The Morgan fingerprint density at radius 3 is 2.61 bits per heavy atom. The molecule has 0 amide bonds. The fraction of sp³-hybridized carbons (Fsp3) is 0.250. The fourth-order valence-electron chi connectivity index (χ4n) is 4.37. The van der Waals surface area contributed by atoms with Crippen LogP contribution in [0.2, 0.25) is 5.02 Å². The third kappa shape index (κ3) is 4.17. The second-order valence-electron chi connectivity index (χ2n) is 8.99. The minimum Gasteiger partial charge on any atom is -0.478 e. The molecule has 0 saturated carbocycles. The highest BCUT2D eigenvalue weighted by Crippen LogP contribution is 2.44. The zero-order valence-corrected chi connectivity index (χ0v) is 19.8. The van der Waals surface area contributed by atoms with Crippen molar-refractivity contribution >= 4 is 23.5 Å². The van der Waals surface area contributed by atoms with Gasteiger partial charge < -0.3 is 9.47 Å². The average Bonchev–Trinajstić information content (AvgIpc) is 3.13. The first-order valence-electron chi connectivity index (χ1n) is 11.2. The van der Waals surface area contributed by atoms with Gasteiger partial charge in [-0.3, -0.25) is 9.69 Å². The Morgan fingerprint density at radius 1 is 1.12 bits per heavy atom. The molecule has 33 heavy (non-hydrogen) atoms. The molecule has 168 valence electrons. The van der Waals surface area contributed by atoms with E-state index in [1.165, 1.54) is 5.56 Å². The molecule has 5 rings (SSSR count). The maximum Gasteiger partial charge on any atom is 0.232 e. The Kier molecular flexibility index (Phi) is 5.73. The molecule has 2 aliphatic heterocycles. The van der Waals surface area contributed by atoms with E-state index in [0.29, 0.717) is 42.8 Å². The molecule has 0 aromatic heterocycles. The van der Waals surface area contributed by atoms with Crippen LogP contribution in [-0.2, 0) is 13.1 Å². The molecule has 2 heterocycles. The summed E-state index contributed by atoms with van der Waals surface area (Å²) in [5.74, 6) is 2.12. The van der Waals surface area contributed by atoms with Crippen molar-refractivity contribution in [3.63, 3.8) is 0 Å². The van der Waals surface area contributed by atoms with Gasteiger partial charge in [0.05, 0.1) is 11.1 Å². The van der Waals surface area contributed by atoms with Gasteiger partial charge in [0.25, 0.3) is 0 Å². The number of hydrogen-bond donors (Lipinski definition) is 0. The highest BCUT2D eigenvalue weighted by Gasteiger charge is 2.35. The Balaban J connectivity index is 1.44. The van der Waals surface area contributed by atoms with Gasteiger partial charge in [0.15, 0.2) is 5.76 Å². The number of carbonyl (C=O) groups is 1. The third-order valence-electron chi connectivity index (χ3n) is 6.24. The van der Waals surface area contributed by atoms with E-state index < -0.39 is 0 Å². The minimum atomic E-state index is -0.0820. The SMILES string of the molecule is Cc1cc2c(c3c1C(=O)/C(=C/c1ccc(C(C)C)cc1)O3)CN(Cc1ccccc1Cl)CO2. The van der Waals surface area contributed by atoms with E-state index >= 15 is 0 Å². The molecule has 0 fully saturated rings. The van der Waals surface area contributed by atoms with Crippen molar-refractivity contribution in [1.29, 1.82) is 0 Å². The van der Waals surface area contributed by atoms with Crippen molar-refractivity contribution in [3.8, 4) is 11.5 Å². The largest absolute Gasteiger partial charge is 0.478 e. The highest BCUT2D eigenvalue weighted by molar-refractivity contribution is 6.31. The first-order chi connectivity index (χ1) is 15.9. The van der Waals surface area contributed by atoms with Gasteiger partial charge in [0.1, 0.15) is 18.2 Å². The summed E-state index contributed by atoms with van der Waals surface area (Å²) in [6.07, 6.45) is 1.82. The van der Waals surface area contributed by atoms with Gasteiger partial charge in [-0.2, -0.15) is 0 Å². The standard InChI is InChI=1S/C28H26ClNO3/c1-17(2)20-10-8-19(9-11-20)13-25-27(31)26-18(3)12-24-22(28(26)33-25)15-30(16-32-24)14-21-6-4-5-7-23(21)29/h4-13,17H,14-16H2,1-3H3/b25-13-. The predicted molar refractivity (Wildman–Crippen MR) is 131 cm³/mol. The topological polar surface area (TPSA) is 38.8 Å². The fourth-order valence-corrected chi connectivity index (χ4v) is 4.57. The van der Waals surface area contributed by atoms with Crippen LogP contribution >= 0.6 is 11.6 Å². The van der Waals surface area contributed by atoms with Gasteiger partial charge in [0.2, 0.25) is 5.78 Å². The van der Waals surface area contributed by atoms with Crippen molar-refractivity contribution in [2.45, 2.75) is 39.8 Å². The molecule has 0 N–H and O–H groups in total. The lowest BCUT2D eigenvalue weighted by Crippen LogP contribution is -2.32. The lowest BCUT2D eigenvalue weighted by molar-refractivity contribution is 0.0872. The zero-order valence-electron chi connectivity index (χ0n) is 19.0. The summed E-state index contributed by atoms with van der Waals surface area (Å²) < 4.78 is 12.2. The molecule has 0 saturated heterocycles. The number of ether oxygens (including phenoxy) is 2. The van der Waals surface area contributed by atoms with Gasteiger partial charge >= 0.3 is 0 Å². The van der Waals surface area contributed by atoms with Crippen molar-refractivity contribution < 1.29 is 14.3 Å². The van der Waals surface area contributed by atoms with Crippen LogP contribution in [0.1, 0.15) is 57.9 Å². The summed E-state index contributed by atoms with van der Waals surface area (Å²) in [6, 6.07) is 18.0. The molecule has 0 radical (unpaired) electrons. The summed E-state index contributed by atoms with van der Waals surface area (Å²) in [4.78, 5) is 15.4. The van der Waals surface area contributed by atoms with Crippen LogP contribution in [0, 0.1) is 6.92 Å². The van der Waals surface area contributed by atoms with Crippen LogP contribution in [-0.4, -0.2) is 17.4 Å². The van der Waals surface area contributed by atoms with Crippen molar-refractivity contribution in [2.75, 3.05) is 6.73 Å². The minimum absolute atomic E-state index is 0.0820. The summed E-state index contributed by atoms with van der Waals surface area (Å²) in [5, 5.41) is 0.734. The zero-order chi connectivity index (χ0) is 23.1. The number of benzene rings is 3. The second-order valence-corrected chi connectivity index (χ2v) is 9.39. The van der Waals surface area contributed by atoms with E-state index in [4.69, 9.17) is 21.1 Å². The first kappa shape index (κ1) is 21.7. The summed E-state index contributed by atoms with van der Waals surface area (Å²) >= 11 is 6.36. The molecule has 4 nitrogen and oxygen atoms in total. The van der Waals surface area contributed by atoms with E-state index in [0.717, 1.165) is 33.0 Å². The molecular weight excluding hydrogens is 434 g/mol. The van der Waals surface area contributed by atoms with E-state index in [2.05, 4.69) is 30.9 Å². The van der Waals surface area contributed by atoms with Crippen LogP contribution in [0.4, 0.5) is 0 Å². The molecule has 0 spiro atoms. The average molecular weight is 460 g/mol. The number of fused-ring (bicyclic) bond motifs is 3. The third-order valence-corrected chi connectivity index (χ3v) is 6.61. The van der Waals surface area contributed by atoms with Crippen molar-refractivity contribution in [2.24, 2.45) is 0 Å². The molecule has 5 heteroatoms. The molecule has 2 aliphatic rings. The van der Waals surface area contributed by atoms with Crippen molar-refractivity contribution in [3.05, 3.63) is 98.8 Å². The highest BCUT2D eigenvalue weighted by atomic mass is 35.5. The molecule has 3 aromatic rings. The van der Waals surface area contributed by atoms with Crippen LogP contribution in [0.15, 0.2) is 60.4 Å². The van der Waals surface area contributed by atoms with E-state index in [-0.39, 0.29) is 5.78 Å². The summed E-state index contributed by atoms with van der Waals surface area (Å²) in [5.41, 5.74) is 5.64. The number of ketones is 1. The van der Waals surface area contributed by atoms with Gasteiger partial charge in [0, 0.05) is 18.1 Å². The summed E-state index contributed by atoms with van der Waals surface area (Å²) in [7, 11) is 0. The van der Waals surface area contributed by atoms with E-state index in [9.17, 15) is 4.79 Å². The molecule has 0 bridgehead atoms. The van der Waals surface area contributed by atoms with Crippen molar-refractivity contribution in [1.82, 2.24) is 4.90 Å². The lowest BCUT2D eigenvalue weighted by Gasteiger charge is -2.30. The Labute approximate surface area is 199 Å². The maximum atomic E-state index is 13.2. The monoisotopic (exact) mass is 459 g/mol. The normalized spacial score (nSPS) is 16.5. The summed E-state index contributed by atoms with van der Waals surface area (Å²) in [6.45, 7) is 7.98. The van der Waals surface area contributed by atoms with E-state index in [1.807, 2.05) is 55.5 Å². The van der Waals surface area contributed by atoms with Crippen LogP contribution in [0.25, 0.3) is 6.08 Å². The molecule has 0 aliphatic carbocycles. The molecule has 0 atom stereocenters. The molecule has 3 aromatic carbocycles. The van der Waals surface area contributed by atoms with E-state index in [1.54, 1.807) is 0 Å². The molecule has 0 unspecified atom stereocenters. The number of nitrogens with zero attached hydrogens (tertiary/aromatic N) is 1. The lowest BCUT2D eigenvalue weighted by atomic mass is 9.98. The quantitative estimate of drug-likeness (QED) is 0.405. The number of halogens is 1. The number of carbonyl (C=O) groups excluding carboxylic acids is 1. The van der Waals surface area contributed by atoms with Crippen LogP contribution in [0.3, 0.4) is 0 Å². The maximum absolute atomic E-state index is 13.2. The van der Waals surface area contributed by atoms with Gasteiger partial charge in [-0.1, -0.05) is 67.9 Å². The Hall–Kier alpha value is -3.08.